The molecule has 0 radical (unpaired) electrons. The van der Waals surface area contributed by atoms with Crippen molar-refractivity contribution in [3.63, 3.8) is 0 Å². The van der Waals surface area contributed by atoms with Crippen molar-refractivity contribution in [3.05, 3.63) is 12.2 Å². The third-order valence-corrected chi connectivity index (χ3v) is 4.71. The van der Waals surface area contributed by atoms with E-state index in [2.05, 4.69) is 26.0 Å². The molecule has 2 heteroatoms. The summed E-state index contributed by atoms with van der Waals surface area (Å²) in [6, 6.07) is 0. The van der Waals surface area contributed by atoms with Crippen molar-refractivity contribution in [3.8, 4) is 0 Å². The van der Waals surface area contributed by atoms with Crippen LogP contribution in [0.3, 0.4) is 0 Å². The predicted octanol–water partition coefficient (Wildman–Crippen LogP) is 5.90. The van der Waals surface area contributed by atoms with Gasteiger partial charge in [0, 0.05) is 0 Å². The lowest BCUT2D eigenvalue weighted by atomic mass is 9.92. The lowest BCUT2D eigenvalue weighted by molar-refractivity contribution is 0.300. The van der Waals surface area contributed by atoms with Gasteiger partial charge in [0.05, 0.1) is 5.66 Å². The molecule has 0 bridgehead atoms. The van der Waals surface area contributed by atoms with E-state index in [0.29, 0.717) is 5.92 Å². The summed E-state index contributed by atoms with van der Waals surface area (Å²) in [4.78, 5) is 0. The number of rotatable bonds is 15. The van der Waals surface area contributed by atoms with Crippen LogP contribution in [0.25, 0.3) is 0 Å². The molecule has 4 N–H and O–H groups in total. The maximum absolute atomic E-state index is 5.90. The molecule has 1 atom stereocenters. The minimum atomic E-state index is -0.515. The Morgan fingerprint density at radius 2 is 1.23 bits per heavy atom. The van der Waals surface area contributed by atoms with E-state index in [4.69, 9.17) is 11.5 Å². The molecule has 2 nitrogen and oxygen atoms in total. The average molecular weight is 311 g/mol. The third kappa shape index (κ3) is 14.6. The Hall–Kier alpha value is -0.340. The molecule has 0 spiro atoms. The van der Waals surface area contributed by atoms with Crippen molar-refractivity contribution in [2.45, 2.75) is 110 Å². The second-order valence-corrected chi connectivity index (χ2v) is 7.29. The van der Waals surface area contributed by atoms with Crippen molar-refractivity contribution < 1.29 is 0 Å². The summed E-state index contributed by atoms with van der Waals surface area (Å²) in [6.07, 6.45) is 22.0. The highest BCUT2D eigenvalue weighted by Gasteiger charge is 2.19. The molecule has 0 heterocycles. The Bertz CT molecular complexity index is 253. The monoisotopic (exact) mass is 310 g/mol. The van der Waals surface area contributed by atoms with Gasteiger partial charge in [-0.1, -0.05) is 77.4 Å². The van der Waals surface area contributed by atoms with E-state index in [1.165, 1.54) is 77.0 Å². The fourth-order valence-electron chi connectivity index (χ4n) is 2.66. The predicted molar refractivity (Wildman–Crippen MR) is 101 cm³/mol. The van der Waals surface area contributed by atoms with Crippen LogP contribution in [0.4, 0.5) is 0 Å². The largest absolute Gasteiger partial charge is 0.314 e. The molecule has 0 fully saturated rings. The topological polar surface area (TPSA) is 52.0 Å². The Morgan fingerprint density at radius 3 is 1.73 bits per heavy atom. The lowest BCUT2D eigenvalue weighted by Gasteiger charge is -2.26. The average Bonchev–Trinajstić information content (AvgIpc) is 2.46. The number of hydrogen-bond donors (Lipinski definition) is 2. The van der Waals surface area contributed by atoms with E-state index in [1.54, 1.807) is 0 Å². The Labute approximate surface area is 140 Å². The van der Waals surface area contributed by atoms with E-state index in [9.17, 15) is 0 Å². The van der Waals surface area contributed by atoms with Crippen molar-refractivity contribution in [1.82, 2.24) is 0 Å². The number of allylic oxidation sites excluding steroid dienone is 2. The molecule has 0 amide bonds. The van der Waals surface area contributed by atoms with E-state index >= 15 is 0 Å². The maximum atomic E-state index is 5.90. The number of unbranched alkanes of at least 4 members (excludes halogenated alkanes) is 10. The molecule has 0 saturated carbocycles. The van der Waals surface area contributed by atoms with E-state index in [1.807, 2.05) is 6.92 Å². The van der Waals surface area contributed by atoms with Crippen LogP contribution < -0.4 is 11.5 Å². The highest BCUT2D eigenvalue weighted by Crippen LogP contribution is 2.17. The van der Waals surface area contributed by atoms with Crippen LogP contribution >= 0.6 is 0 Å². The summed E-state index contributed by atoms with van der Waals surface area (Å²) in [5, 5.41) is 0. The molecule has 0 saturated heterocycles. The third-order valence-electron chi connectivity index (χ3n) is 4.71. The minimum absolute atomic E-state index is 0.407. The van der Waals surface area contributed by atoms with Gasteiger partial charge in [0.25, 0.3) is 0 Å². The fraction of sp³-hybridized carbons (Fsp3) is 0.900. The molecule has 0 aliphatic heterocycles. The van der Waals surface area contributed by atoms with Gasteiger partial charge in [0.2, 0.25) is 0 Å². The summed E-state index contributed by atoms with van der Waals surface area (Å²) in [7, 11) is 0. The first-order valence-electron chi connectivity index (χ1n) is 9.71. The van der Waals surface area contributed by atoms with Gasteiger partial charge >= 0.3 is 0 Å². The van der Waals surface area contributed by atoms with E-state index in [-0.39, 0.29) is 0 Å². The number of hydrogen-bond acceptors (Lipinski definition) is 2. The lowest BCUT2D eigenvalue weighted by Crippen LogP contribution is -2.51. The highest BCUT2D eigenvalue weighted by molar-refractivity contribution is 4.81. The molecule has 0 aromatic rings. The smallest absolute Gasteiger partial charge is 0.0633 e. The standard InChI is InChI=1S/C20H42N2/c1-4-5-6-7-8-9-10-11-12-13-14-15-16-17-18-19(2)20(3,21)22/h11-12,19H,4-10,13-18,21-22H2,1-3H3. The van der Waals surface area contributed by atoms with Gasteiger partial charge in [0.15, 0.2) is 0 Å². The molecule has 22 heavy (non-hydrogen) atoms. The zero-order valence-corrected chi connectivity index (χ0v) is 15.6. The molecule has 0 aromatic heterocycles. The molecular weight excluding hydrogens is 268 g/mol. The SMILES string of the molecule is CCCCCCCCC=CCCCCCCC(C)C(C)(N)N. The zero-order valence-electron chi connectivity index (χ0n) is 15.6. The first-order chi connectivity index (χ1) is 10.5. The molecule has 0 aromatic carbocycles. The molecule has 0 rings (SSSR count). The van der Waals surface area contributed by atoms with E-state index in [0.717, 1.165) is 6.42 Å². The van der Waals surface area contributed by atoms with Gasteiger partial charge in [-0.05, 0) is 44.9 Å². The van der Waals surface area contributed by atoms with Crippen LogP contribution in [0.1, 0.15) is 104 Å². The van der Waals surface area contributed by atoms with Crippen LogP contribution in [-0.2, 0) is 0 Å². The second kappa shape index (κ2) is 14.3. The van der Waals surface area contributed by atoms with Crippen LogP contribution in [0.5, 0.6) is 0 Å². The summed E-state index contributed by atoms with van der Waals surface area (Å²) < 4.78 is 0. The molecule has 1 unspecified atom stereocenters. The van der Waals surface area contributed by atoms with Gasteiger partial charge in [-0.3, -0.25) is 0 Å². The van der Waals surface area contributed by atoms with E-state index < -0.39 is 5.66 Å². The van der Waals surface area contributed by atoms with Crippen LogP contribution in [0, 0.1) is 5.92 Å². The Balaban J connectivity index is 3.24. The van der Waals surface area contributed by atoms with Crippen LogP contribution in [0.2, 0.25) is 0 Å². The highest BCUT2D eigenvalue weighted by atomic mass is 14.9. The zero-order chi connectivity index (χ0) is 16.7. The molecular formula is C20H42N2. The summed E-state index contributed by atoms with van der Waals surface area (Å²) in [6.45, 7) is 6.36. The van der Waals surface area contributed by atoms with Gasteiger partial charge < -0.3 is 11.5 Å². The first-order valence-corrected chi connectivity index (χ1v) is 9.71. The molecule has 0 aliphatic carbocycles. The van der Waals surface area contributed by atoms with Gasteiger partial charge in [-0.25, -0.2) is 0 Å². The summed E-state index contributed by atoms with van der Waals surface area (Å²) >= 11 is 0. The van der Waals surface area contributed by atoms with Gasteiger partial charge in [-0.2, -0.15) is 0 Å². The summed E-state index contributed by atoms with van der Waals surface area (Å²) in [5.41, 5.74) is 11.3. The minimum Gasteiger partial charge on any atom is -0.314 e. The number of nitrogens with two attached hydrogens (primary N) is 2. The van der Waals surface area contributed by atoms with Crippen LogP contribution in [-0.4, -0.2) is 5.66 Å². The maximum Gasteiger partial charge on any atom is 0.0633 e. The van der Waals surface area contributed by atoms with Crippen molar-refractivity contribution in [2.24, 2.45) is 17.4 Å². The molecule has 0 aliphatic rings. The molecule has 132 valence electrons. The first kappa shape index (κ1) is 21.7. The van der Waals surface area contributed by atoms with Gasteiger partial charge in [-0.15, -0.1) is 0 Å². The summed E-state index contributed by atoms with van der Waals surface area (Å²) in [5.74, 6) is 0.407. The van der Waals surface area contributed by atoms with Crippen LogP contribution in [0.15, 0.2) is 12.2 Å². The van der Waals surface area contributed by atoms with Gasteiger partial charge in [0.1, 0.15) is 0 Å². The van der Waals surface area contributed by atoms with Crippen molar-refractivity contribution in [2.75, 3.05) is 0 Å². The Kier molecular flexibility index (Phi) is 14.0. The normalized spacial score (nSPS) is 13.9. The quantitative estimate of drug-likeness (QED) is 0.225. The Morgan fingerprint density at radius 1 is 0.773 bits per heavy atom. The van der Waals surface area contributed by atoms with Crippen molar-refractivity contribution in [1.29, 1.82) is 0 Å². The van der Waals surface area contributed by atoms with Crippen molar-refractivity contribution >= 4 is 0 Å². The fourth-order valence-corrected chi connectivity index (χ4v) is 2.66. The second-order valence-electron chi connectivity index (χ2n) is 7.29.